The second kappa shape index (κ2) is 8.06. The molecule has 1 N–H and O–H groups in total. The number of nitrogens with zero attached hydrogens (tertiary/aromatic N) is 1. The van der Waals surface area contributed by atoms with Crippen molar-refractivity contribution in [2.24, 2.45) is 5.92 Å². The van der Waals surface area contributed by atoms with Gasteiger partial charge in [-0.3, -0.25) is 0 Å². The molecule has 1 atom stereocenters. The van der Waals surface area contributed by atoms with E-state index >= 15 is 0 Å². The third kappa shape index (κ3) is 7.02. The maximum Gasteiger partial charge on any atom is 0.0775 e. The molecule has 0 heterocycles. The Morgan fingerprint density at radius 3 is 2.29 bits per heavy atom. The minimum absolute atomic E-state index is 0.102. The lowest BCUT2D eigenvalue weighted by Crippen LogP contribution is -2.49. The summed E-state index contributed by atoms with van der Waals surface area (Å²) in [5.41, 5.74) is -0.102. The van der Waals surface area contributed by atoms with Gasteiger partial charge in [-0.25, -0.2) is 0 Å². The van der Waals surface area contributed by atoms with Crippen molar-refractivity contribution in [2.45, 2.75) is 52.7 Å². The second-order valence-corrected chi connectivity index (χ2v) is 5.86. The van der Waals surface area contributed by atoms with Gasteiger partial charge in [0.15, 0.2) is 0 Å². The first-order valence-corrected chi connectivity index (χ1v) is 6.80. The Balaban J connectivity index is 4.18. The molecule has 0 radical (unpaired) electrons. The van der Waals surface area contributed by atoms with Crippen LogP contribution >= 0.6 is 0 Å². The first kappa shape index (κ1) is 16.9. The number of likely N-dealkylation sites (N-methyl/N-ethyl adjacent to an activating group) is 1. The summed E-state index contributed by atoms with van der Waals surface area (Å²) in [6.45, 7) is 14.2. The van der Waals surface area contributed by atoms with Crippen LogP contribution in [0, 0.1) is 5.92 Å². The van der Waals surface area contributed by atoms with E-state index in [2.05, 4.69) is 51.9 Å². The van der Waals surface area contributed by atoms with Crippen LogP contribution in [0.4, 0.5) is 0 Å². The molecule has 0 aromatic rings. The molecule has 0 aliphatic heterocycles. The SMILES string of the molecule is CCNC(CCN(C)CC(C)C)C(C)(C)OC. The average Bonchev–Trinajstić information content (AvgIpc) is 2.22. The van der Waals surface area contributed by atoms with Gasteiger partial charge >= 0.3 is 0 Å². The van der Waals surface area contributed by atoms with E-state index in [0.717, 1.165) is 32.0 Å². The van der Waals surface area contributed by atoms with Crippen LogP contribution < -0.4 is 5.32 Å². The smallest absolute Gasteiger partial charge is 0.0775 e. The van der Waals surface area contributed by atoms with Crippen molar-refractivity contribution in [3.63, 3.8) is 0 Å². The largest absolute Gasteiger partial charge is 0.377 e. The molecule has 0 fully saturated rings. The Hall–Kier alpha value is -0.120. The zero-order valence-electron chi connectivity index (χ0n) is 12.8. The number of methoxy groups -OCH3 is 1. The molecular formula is C14H32N2O. The normalized spacial score (nSPS) is 14.6. The number of ether oxygens (including phenoxy) is 1. The van der Waals surface area contributed by atoms with Crippen molar-refractivity contribution in [3.8, 4) is 0 Å². The molecule has 0 rings (SSSR count). The van der Waals surface area contributed by atoms with Gasteiger partial charge in [-0.1, -0.05) is 20.8 Å². The molecule has 0 amide bonds. The van der Waals surface area contributed by atoms with E-state index in [-0.39, 0.29) is 5.60 Å². The van der Waals surface area contributed by atoms with Gasteiger partial charge in [0.05, 0.1) is 5.60 Å². The van der Waals surface area contributed by atoms with Crippen molar-refractivity contribution in [2.75, 3.05) is 33.8 Å². The molecule has 0 aromatic carbocycles. The van der Waals surface area contributed by atoms with Gasteiger partial charge in [0, 0.05) is 19.7 Å². The molecule has 1 unspecified atom stereocenters. The number of nitrogens with one attached hydrogen (secondary N) is 1. The van der Waals surface area contributed by atoms with Gasteiger partial charge in [0.25, 0.3) is 0 Å². The topological polar surface area (TPSA) is 24.5 Å². The molecule has 0 saturated carbocycles. The molecule has 3 heteroatoms. The molecule has 3 nitrogen and oxygen atoms in total. The zero-order valence-corrected chi connectivity index (χ0v) is 12.8. The van der Waals surface area contributed by atoms with Crippen molar-refractivity contribution in [3.05, 3.63) is 0 Å². The van der Waals surface area contributed by atoms with Crippen LogP contribution in [0.1, 0.15) is 41.0 Å². The molecule has 17 heavy (non-hydrogen) atoms. The van der Waals surface area contributed by atoms with Crippen LogP contribution in [0.15, 0.2) is 0 Å². The van der Waals surface area contributed by atoms with E-state index in [1.54, 1.807) is 7.11 Å². The lowest BCUT2D eigenvalue weighted by Gasteiger charge is -2.35. The lowest BCUT2D eigenvalue weighted by molar-refractivity contribution is -0.0141. The highest BCUT2D eigenvalue weighted by Crippen LogP contribution is 2.17. The first-order valence-electron chi connectivity index (χ1n) is 6.80. The number of hydrogen-bond acceptors (Lipinski definition) is 3. The zero-order chi connectivity index (χ0) is 13.5. The van der Waals surface area contributed by atoms with Crippen molar-refractivity contribution in [1.82, 2.24) is 10.2 Å². The fourth-order valence-corrected chi connectivity index (χ4v) is 2.15. The fourth-order valence-electron chi connectivity index (χ4n) is 2.15. The third-order valence-electron chi connectivity index (χ3n) is 3.29. The minimum atomic E-state index is -0.102. The molecule has 0 spiro atoms. The molecule has 0 bridgehead atoms. The highest BCUT2D eigenvalue weighted by molar-refractivity contribution is 4.85. The second-order valence-electron chi connectivity index (χ2n) is 5.86. The van der Waals surface area contributed by atoms with Gasteiger partial charge in [-0.2, -0.15) is 0 Å². The quantitative estimate of drug-likeness (QED) is 0.674. The van der Waals surface area contributed by atoms with Gasteiger partial charge in [-0.05, 0) is 46.3 Å². The highest BCUT2D eigenvalue weighted by atomic mass is 16.5. The predicted octanol–water partition coefficient (Wildman–Crippen LogP) is 2.37. The van der Waals surface area contributed by atoms with Crippen LogP contribution in [0.2, 0.25) is 0 Å². The highest BCUT2D eigenvalue weighted by Gasteiger charge is 2.28. The Bertz CT molecular complexity index is 193. The Morgan fingerprint density at radius 1 is 1.29 bits per heavy atom. The first-order chi connectivity index (χ1) is 7.83. The monoisotopic (exact) mass is 244 g/mol. The van der Waals surface area contributed by atoms with Crippen LogP contribution in [0.25, 0.3) is 0 Å². The Labute approximate surface area is 108 Å². The molecule has 0 saturated heterocycles. The van der Waals surface area contributed by atoms with Gasteiger partial charge in [0.2, 0.25) is 0 Å². The molecular weight excluding hydrogens is 212 g/mol. The standard InChI is InChI=1S/C14H32N2O/c1-8-15-13(14(4,5)17-7)9-10-16(6)11-12(2)3/h12-13,15H,8-11H2,1-7H3. The Morgan fingerprint density at radius 2 is 1.88 bits per heavy atom. The van der Waals surface area contributed by atoms with Gasteiger partial charge in [0.1, 0.15) is 0 Å². The van der Waals surface area contributed by atoms with Crippen LogP contribution in [-0.4, -0.2) is 50.3 Å². The summed E-state index contributed by atoms with van der Waals surface area (Å²) < 4.78 is 5.58. The van der Waals surface area contributed by atoms with Crippen molar-refractivity contribution < 1.29 is 4.74 Å². The average molecular weight is 244 g/mol. The van der Waals surface area contributed by atoms with E-state index in [0.29, 0.717) is 6.04 Å². The van der Waals surface area contributed by atoms with E-state index in [1.807, 2.05) is 0 Å². The molecule has 0 aliphatic carbocycles. The van der Waals surface area contributed by atoms with E-state index in [4.69, 9.17) is 4.74 Å². The number of rotatable bonds is 9. The molecule has 0 aliphatic rings. The van der Waals surface area contributed by atoms with Crippen LogP contribution in [-0.2, 0) is 4.74 Å². The Kier molecular flexibility index (Phi) is 8.01. The lowest BCUT2D eigenvalue weighted by atomic mass is 9.95. The fraction of sp³-hybridized carbons (Fsp3) is 1.00. The summed E-state index contributed by atoms with van der Waals surface area (Å²) in [6.07, 6.45) is 1.12. The van der Waals surface area contributed by atoms with Crippen LogP contribution in [0.5, 0.6) is 0 Å². The summed E-state index contributed by atoms with van der Waals surface area (Å²) in [6, 6.07) is 0.409. The predicted molar refractivity (Wildman–Crippen MR) is 75.5 cm³/mol. The minimum Gasteiger partial charge on any atom is -0.377 e. The van der Waals surface area contributed by atoms with Crippen LogP contribution in [0.3, 0.4) is 0 Å². The van der Waals surface area contributed by atoms with E-state index in [9.17, 15) is 0 Å². The third-order valence-corrected chi connectivity index (χ3v) is 3.29. The summed E-state index contributed by atoms with van der Waals surface area (Å²) in [5, 5.41) is 3.53. The molecule has 0 aromatic heterocycles. The summed E-state index contributed by atoms with van der Waals surface area (Å²) in [4.78, 5) is 2.40. The van der Waals surface area contributed by atoms with E-state index in [1.165, 1.54) is 0 Å². The van der Waals surface area contributed by atoms with Gasteiger partial charge in [-0.15, -0.1) is 0 Å². The van der Waals surface area contributed by atoms with Crippen molar-refractivity contribution in [1.29, 1.82) is 0 Å². The maximum absolute atomic E-state index is 5.58. The van der Waals surface area contributed by atoms with Gasteiger partial charge < -0.3 is 15.0 Å². The summed E-state index contributed by atoms with van der Waals surface area (Å²) >= 11 is 0. The number of hydrogen-bond donors (Lipinski definition) is 1. The maximum atomic E-state index is 5.58. The summed E-state index contributed by atoms with van der Waals surface area (Å²) in [7, 11) is 3.99. The van der Waals surface area contributed by atoms with E-state index < -0.39 is 0 Å². The van der Waals surface area contributed by atoms with Crippen molar-refractivity contribution >= 4 is 0 Å². The molecule has 104 valence electrons. The summed E-state index contributed by atoms with van der Waals surface area (Å²) in [5.74, 6) is 0.730.